The van der Waals surface area contributed by atoms with Crippen LogP contribution in [0, 0.1) is 0 Å². The number of rotatable bonds is 4. The molecule has 25 heavy (non-hydrogen) atoms. The Morgan fingerprint density at radius 3 is 2.44 bits per heavy atom. The van der Waals surface area contributed by atoms with Gasteiger partial charge >= 0.3 is 0 Å². The maximum atomic E-state index is 12.9. The molecule has 6 heteroatoms. The van der Waals surface area contributed by atoms with Crippen LogP contribution in [0.1, 0.15) is 36.1 Å². The Balaban J connectivity index is 1.67. The molecule has 0 aliphatic carbocycles. The van der Waals surface area contributed by atoms with Gasteiger partial charge in [0.1, 0.15) is 0 Å². The van der Waals surface area contributed by atoms with E-state index < -0.39 is 10.0 Å². The van der Waals surface area contributed by atoms with Crippen LogP contribution in [0.25, 0.3) is 0 Å². The van der Waals surface area contributed by atoms with Gasteiger partial charge in [0.05, 0.1) is 10.6 Å². The van der Waals surface area contributed by atoms with E-state index in [9.17, 15) is 13.2 Å². The first-order valence-corrected chi connectivity index (χ1v) is 9.97. The third-order valence-electron chi connectivity index (χ3n) is 4.97. The van der Waals surface area contributed by atoms with Gasteiger partial charge in [-0.1, -0.05) is 30.3 Å². The predicted octanol–water partition coefficient (Wildman–Crippen LogP) is 2.56. The van der Waals surface area contributed by atoms with Gasteiger partial charge in [-0.15, -0.1) is 0 Å². The molecule has 130 valence electrons. The minimum absolute atomic E-state index is 0.137. The van der Waals surface area contributed by atoms with Crippen LogP contribution in [-0.4, -0.2) is 20.9 Å². The van der Waals surface area contributed by atoms with Crippen molar-refractivity contribution in [2.75, 3.05) is 11.4 Å². The zero-order valence-electron chi connectivity index (χ0n) is 14.0. The highest BCUT2D eigenvalue weighted by Crippen LogP contribution is 2.38. The number of carbonyl (C=O) groups excluding carboxylic acids is 1. The van der Waals surface area contributed by atoms with E-state index in [0.717, 1.165) is 22.4 Å². The van der Waals surface area contributed by atoms with Gasteiger partial charge < -0.3 is 4.90 Å². The molecule has 2 aromatic carbocycles. The fourth-order valence-electron chi connectivity index (χ4n) is 3.69. The second-order valence-corrected chi connectivity index (χ2v) is 8.35. The first kappa shape index (κ1) is 16.3. The van der Waals surface area contributed by atoms with Crippen LogP contribution in [0.15, 0.2) is 47.4 Å². The van der Waals surface area contributed by atoms with E-state index in [1.165, 1.54) is 0 Å². The van der Waals surface area contributed by atoms with Crippen LogP contribution >= 0.6 is 0 Å². The lowest BCUT2D eigenvalue weighted by Crippen LogP contribution is -2.33. The minimum Gasteiger partial charge on any atom is -0.312 e. The summed E-state index contributed by atoms with van der Waals surface area (Å²) in [6.45, 7) is 2.49. The number of aryl methyl sites for hydroxylation is 1. The lowest BCUT2D eigenvalue weighted by Gasteiger charge is -2.26. The van der Waals surface area contributed by atoms with Crippen LogP contribution in [-0.2, 0) is 27.7 Å². The number of benzene rings is 2. The quantitative estimate of drug-likeness (QED) is 0.916. The van der Waals surface area contributed by atoms with Crippen LogP contribution in [0.5, 0.6) is 0 Å². The molecule has 2 aliphatic rings. The molecule has 0 radical (unpaired) electrons. The van der Waals surface area contributed by atoms with Crippen molar-refractivity contribution in [2.24, 2.45) is 0 Å². The summed E-state index contributed by atoms with van der Waals surface area (Å²) in [6.07, 6.45) is 1.77. The van der Waals surface area contributed by atoms with Gasteiger partial charge in [-0.05, 0) is 48.6 Å². The second kappa shape index (κ2) is 5.97. The topological polar surface area (TPSA) is 66.5 Å². The molecule has 0 saturated carbocycles. The van der Waals surface area contributed by atoms with Crippen molar-refractivity contribution in [3.05, 3.63) is 59.2 Å². The van der Waals surface area contributed by atoms with Gasteiger partial charge in [0, 0.05) is 19.0 Å². The number of nitrogens with one attached hydrogen (secondary N) is 1. The number of sulfonamides is 1. The average molecular weight is 356 g/mol. The molecule has 2 aromatic rings. The van der Waals surface area contributed by atoms with E-state index in [1.807, 2.05) is 37.3 Å². The summed E-state index contributed by atoms with van der Waals surface area (Å²) >= 11 is 0. The highest BCUT2D eigenvalue weighted by atomic mass is 32.2. The SMILES string of the molecule is CC(NS(=O)(=O)c1cc2c3c(c1)CCN3C(=O)CC2)c1ccccc1. The summed E-state index contributed by atoms with van der Waals surface area (Å²) in [4.78, 5) is 14.1. The lowest BCUT2D eigenvalue weighted by atomic mass is 10.00. The van der Waals surface area contributed by atoms with Crippen molar-refractivity contribution in [3.8, 4) is 0 Å². The number of nitrogens with zero attached hydrogens (tertiary/aromatic N) is 1. The summed E-state index contributed by atoms with van der Waals surface area (Å²) in [5, 5.41) is 0. The largest absolute Gasteiger partial charge is 0.312 e. The van der Waals surface area contributed by atoms with Crippen molar-refractivity contribution in [2.45, 2.75) is 37.1 Å². The highest BCUT2D eigenvalue weighted by Gasteiger charge is 2.33. The molecule has 1 unspecified atom stereocenters. The molecule has 2 aliphatic heterocycles. The van der Waals surface area contributed by atoms with E-state index in [0.29, 0.717) is 30.7 Å². The summed E-state index contributed by atoms with van der Waals surface area (Å²) in [5.74, 6) is 0.137. The van der Waals surface area contributed by atoms with Crippen molar-refractivity contribution in [3.63, 3.8) is 0 Å². The number of carbonyl (C=O) groups is 1. The first-order valence-electron chi connectivity index (χ1n) is 8.49. The van der Waals surface area contributed by atoms with Crippen LogP contribution in [0.4, 0.5) is 5.69 Å². The van der Waals surface area contributed by atoms with Crippen molar-refractivity contribution in [1.82, 2.24) is 4.72 Å². The predicted molar refractivity (Wildman–Crippen MR) is 96.0 cm³/mol. The minimum atomic E-state index is -3.62. The molecule has 5 nitrogen and oxygen atoms in total. The van der Waals surface area contributed by atoms with E-state index >= 15 is 0 Å². The maximum Gasteiger partial charge on any atom is 0.241 e. The molecule has 1 atom stereocenters. The van der Waals surface area contributed by atoms with E-state index in [1.54, 1.807) is 17.0 Å². The van der Waals surface area contributed by atoms with Crippen LogP contribution < -0.4 is 9.62 Å². The van der Waals surface area contributed by atoms with Gasteiger partial charge in [-0.25, -0.2) is 13.1 Å². The molecular formula is C19H20N2O3S. The van der Waals surface area contributed by atoms with Crippen molar-refractivity contribution in [1.29, 1.82) is 0 Å². The molecule has 1 amide bonds. The Morgan fingerprint density at radius 1 is 1.04 bits per heavy atom. The Kier molecular flexibility index (Phi) is 3.89. The zero-order chi connectivity index (χ0) is 17.6. The average Bonchev–Trinajstić information content (AvgIpc) is 3.04. The zero-order valence-corrected chi connectivity index (χ0v) is 14.8. The van der Waals surface area contributed by atoms with Gasteiger partial charge in [-0.3, -0.25) is 4.79 Å². The maximum absolute atomic E-state index is 12.9. The van der Waals surface area contributed by atoms with Gasteiger partial charge in [0.2, 0.25) is 15.9 Å². The monoisotopic (exact) mass is 356 g/mol. The lowest BCUT2D eigenvalue weighted by molar-refractivity contribution is -0.118. The third kappa shape index (κ3) is 2.85. The molecule has 2 heterocycles. The fraction of sp³-hybridized carbons (Fsp3) is 0.316. The standard InChI is InChI=1S/C19H20N2O3S/c1-13(14-5-3-2-4-6-14)20-25(23,24)17-11-15-7-8-18(22)21-10-9-16(12-17)19(15)21/h2-6,11-13,20H,7-10H2,1H3. The second-order valence-electron chi connectivity index (χ2n) is 6.64. The van der Waals surface area contributed by atoms with Gasteiger partial charge in [0.25, 0.3) is 0 Å². The number of hydrogen-bond acceptors (Lipinski definition) is 3. The van der Waals surface area contributed by atoms with Crippen LogP contribution in [0.2, 0.25) is 0 Å². The third-order valence-corrected chi connectivity index (χ3v) is 6.49. The van der Waals surface area contributed by atoms with Crippen molar-refractivity contribution >= 4 is 21.6 Å². The Labute approximate surface area is 147 Å². The normalized spacial score (nSPS) is 17.5. The summed E-state index contributed by atoms with van der Waals surface area (Å²) < 4.78 is 28.5. The van der Waals surface area contributed by atoms with E-state index in [-0.39, 0.29) is 11.9 Å². The first-order chi connectivity index (χ1) is 12.0. The molecule has 0 fully saturated rings. The number of amides is 1. The fourth-order valence-corrected chi connectivity index (χ4v) is 5.02. The van der Waals surface area contributed by atoms with Crippen molar-refractivity contribution < 1.29 is 13.2 Å². The van der Waals surface area contributed by atoms with Gasteiger partial charge in [0.15, 0.2) is 0 Å². The van der Waals surface area contributed by atoms with Gasteiger partial charge in [-0.2, -0.15) is 0 Å². The molecule has 0 spiro atoms. The Bertz CT molecular complexity index is 939. The smallest absolute Gasteiger partial charge is 0.241 e. The molecular weight excluding hydrogens is 336 g/mol. The van der Waals surface area contributed by atoms with E-state index in [4.69, 9.17) is 0 Å². The Morgan fingerprint density at radius 2 is 1.72 bits per heavy atom. The number of hydrogen-bond donors (Lipinski definition) is 1. The Hall–Kier alpha value is -2.18. The molecule has 0 bridgehead atoms. The van der Waals surface area contributed by atoms with Crippen LogP contribution in [0.3, 0.4) is 0 Å². The molecule has 4 rings (SSSR count). The summed E-state index contributed by atoms with van der Waals surface area (Å²) in [5.41, 5.74) is 3.78. The summed E-state index contributed by atoms with van der Waals surface area (Å²) in [6, 6.07) is 12.6. The molecule has 1 N–H and O–H groups in total. The number of anilines is 1. The molecule has 0 aromatic heterocycles. The van der Waals surface area contributed by atoms with E-state index in [2.05, 4.69) is 4.72 Å². The highest BCUT2D eigenvalue weighted by molar-refractivity contribution is 7.89. The summed E-state index contributed by atoms with van der Waals surface area (Å²) in [7, 11) is -3.62. The molecule has 0 saturated heterocycles.